The van der Waals surface area contributed by atoms with Gasteiger partial charge in [0.05, 0.1) is 18.8 Å². The van der Waals surface area contributed by atoms with Gasteiger partial charge in [0.15, 0.2) is 5.76 Å². The highest BCUT2D eigenvalue weighted by Gasteiger charge is 2.10. The van der Waals surface area contributed by atoms with Crippen LogP contribution in [0, 0.1) is 0 Å². The van der Waals surface area contributed by atoms with E-state index in [4.69, 9.17) is 9.63 Å². The van der Waals surface area contributed by atoms with Gasteiger partial charge in [0, 0.05) is 24.1 Å². The van der Waals surface area contributed by atoms with Crippen LogP contribution in [-0.4, -0.2) is 28.1 Å². The molecule has 0 bridgehead atoms. The van der Waals surface area contributed by atoms with Crippen molar-refractivity contribution in [3.8, 4) is 0 Å². The molecule has 5 nitrogen and oxygen atoms in total. The van der Waals surface area contributed by atoms with Crippen molar-refractivity contribution in [2.24, 2.45) is 0 Å². The third-order valence-electron chi connectivity index (χ3n) is 2.99. The Hall–Kier alpha value is -1.92. The van der Waals surface area contributed by atoms with Crippen molar-refractivity contribution in [2.75, 3.05) is 7.05 Å². The van der Waals surface area contributed by atoms with Gasteiger partial charge in [-0.1, -0.05) is 12.1 Å². The number of aromatic nitrogens is 1. The first-order valence-electron chi connectivity index (χ1n) is 6.68. The zero-order valence-electron chi connectivity index (χ0n) is 12.1. The average molecular weight is 306 g/mol. The lowest BCUT2D eigenvalue weighted by Gasteiger charge is -2.12. The molecule has 0 atom stereocenters. The summed E-state index contributed by atoms with van der Waals surface area (Å²) in [5, 5.41) is 14.8. The molecule has 1 amide bonds. The highest BCUT2D eigenvalue weighted by atomic mass is 32.1. The van der Waals surface area contributed by atoms with Crippen LogP contribution < -0.4 is 0 Å². The van der Waals surface area contributed by atoms with Crippen LogP contribution in [-0.2, 0) is 24.4 Å². The Morgan fingerprint density at radius 1 is 1.52 bits per heavy atom. The van der Waals surface area contributed by atoms with E-state index in [0.29, 0.717) is 12.3 Å². The van der Waals surface area contributed by atoms with Crippen molar-refractivity contribution in [3.05, 3.63) is 45.5 Å². The van der Waals surface area contributed by atoms with Crippen molar-refractivity contribution in [1.29, 1.82) is 0 Å². The summed E-state index contributed by atoms with van der Waals surface area (Å²) >= 11 is 1.49. The predicted octanol–water partition coefficient (Wildman–Crippen LogP) is 2.46. The first kappa shape index (κ1) is 15.5. The Morgan fingerprint density at radius 2 is 2.33 bits per heavy atom. The van der Waals surface area contributed by atoms with Crippen LogP contribution >= 0.6 is 11.3 Å². The number of hydrogen-bond donors (Lipinski definition) is 1. The van der Waals surface area contributed by atoms with E-state index in [1.165, 1.54) is 17.4 Å². The van der Waals surface area contributed by atoms with Gasteiger partial charge in [-0.25, -0.2) is 0 Å². The minimum Gasteiger partial charge on any atom is -0.392 e. The van der Waals surface area contributed by atoms with Crippen molar-refractivity contribution in [1.82, 2.24) is 10.1 Å². The summed E-state index contributed by atoms with van der Waals surface area (Å²) < 4.78 is 5.16. The molecule has 0 spiro atoms. The molecule has 0 aliphatic carbocycles. The first-order valence-corrected chi connectivity index (χ1v) is 7.56. The number of rotatable bonds is 6. The first-order chi connectivity index (χ1) is 10.1. The predicted molar refractivity (Wildman–Crippen MR) is 81.6 cm³/mol. The molecule has 112 valence electrons. The molecule has 0 aliphatic rings. The van der Waals surface area contributed by atoms with E-state index in [9.17, 15) is 4.79 Å². The number of aryl methyl sites for hydroxylation is 1. The number of thiophene rings is 1. The second-order valence-electron chi connectivity index (χ2n) is 4.68. The summed E-state index contributed by atoms with van der Waals surface area (Å²) in [5.74, 6) is 0.568. The maximum atomic E-state index is 12.0. The molecule has 2 aromatic heterocycles. The highest BCUT2D eigenvalue weighted by Crippen LogP contribution is 2.16. The zero-order chi connectivity index (χ0) is 15.2. The van der Waals surface area contributed by atoms with Crippen LogP contribution in [0.15, 0.2) is 28.1 Å². The normalized spacial score (nSPS) is 11.2. The van der Waals surface area contributed by atoms with Gasteiger partial charge in [-0.2, -0.15) is 0 Å². The van der Waals surface area contributed by atoms with E-state index < -0.39 is 0 Å². The monoisotopic (exact) mass is 306 g/mol. The Morgan fingerprint density at radius 3 is 2.95 bits per heavy atom. The molecule has 2 rings (SSSR count). The maximum Gasteiger partial charge on any atom is 0.246 e. The van der Waals surface area contributed by atoms with Crippen LogP contribution in [0.5, 0.6) is 0 Å². The van der Waals surface area contributed by atoms with Gasteiger partial charge < -0.3 is 14.5 Å². The molecule has 21 heavy (non-hydrogen) atoms. The van der Waals surface area contributed by atoms with Gasteiger partial charge in [-0.15, -0.1) is 11.3 Å². The topological polar surface area (TPSA) is 66.6 Å². The van der Waals surface area contributed by atoms with Crippen LogP contribution in [0.4, 0.5) is 0 Å². The van der Waals surface area contributed by atoms with Gasteiger partial charge in [-0.3, -0.25) is 4.79 Å². The fraction of sp³-hybridized carbons (Fsp3) is 0.333. The molecule has 0 aromatic carbocycles. The smallest absolute Gasteiger partial charge is 0.246 e. The van der Waals surface area contributed by atoms with Gasteiger partial charge in [-0.05, 0) is 29.5 Å². The number of carbonyl (C=O) groups excluding carboxylic acids is 1. The molecular formula is C15H18N2O3S. The number of carbonyl (C=O) groups is 1. The van der Waals surface area contributed by atoms with E-state index in [1.54, 1.807) is 18.0 Å². The zero-order valence-corrected chi connectivity index (χ0v) is 12.9. The molecular weight excluding hydrogens is 288 g/mol. The molecule has 0 unspecified atom stereocenters. The quantitative estimate of drug-likeness (QED) is 0.833. The fourth-order valence-electron chi connectivity index (χ4n) is 1.75. The lowest BCUT2D eigenvalue weighted by molar-refractivity contribution is -0.125. The highest BCUT2D eigenvalue weighted by molar-refractivity contribution is 7.11. The van der Waals surface area contributed by atoms with Crippen molar-refractivity contribution in [3.63, 3.8) is 0 Å². The van der Waals surface area contributed by atoms with Gasteiger partial charge in [0.1, 0.15) is 0 Å². The lowest BCUT2D eigenvalue weighted by Crippen LogP contribution is -2.23. The molecule has 1 N–H and O–H groups in total. The van der Waals surface area contributed by atoms with Crippen LogP contribution in [0.2, 0.25) is 0 Å². The van der Waals surface area contributed by atoms with E-state index in [-0.39, 0.29) is 12.5 Å². The standard InChI is InChI=1S/C15H18N2O3S/c1-3-12-7-13(20-16-12)8-17(2)15(19)5-4-14-6-11(9-18)10-21-14/h4-7,10,18H,3,8-9H2,1-2H3/b5-4+. The minimum atomic E-state index is -0.108. The SMILES string of the molecule is CCc1cc(CN(C)C(=O)/C=C/c2cc(CO)cs2)on1. The maximum absolute atomic E-state index is 12.0. The summed E-state index contributed by atoms with van der Waals surface area (Å²) in [6, 6.07) is 3.72. The molecule has 0 aliphatic heterocycles. The molecule has 0 saturated carbocycles. The molecule has 0 fully saturated rings. The van der Waals surface area contributed by atoms with E-state index in [2.05, 4.69) is 5.16 Å². The largest absolute Gasteiger partial charge is 0.392 e. The summed E-state index contributed by atoms with van der Waals surface area (Å²) in [6.45, 7) is 2.41. The second kappa shape index (κ2) is 7.19. The number of hydrogen-bond acceptors (Lipinski definition) is 5. The van der Waals surface area contributed by atoms with Crippen LogP contribution in [0.1, 0.15) is 28.8 Å². The molecule has 2 heterocycles. The number of aliphatic hydroxyl groups excluding tert-OH is 1. The molecule has 2 aromatic rings. The number of aliphatic hydroxyl groups is 1. The van der Waals surface area contributed by atoms with Crippen molar-refractivity contribution in [2.45, 2.75) is 26.5 Å². The molecule has 0 saturated heterocycles. The van der Waals surface area contributed by atoms with Crippen LogP contribution in [0.3, 0.4) is 0 Å². The average Bonchev–Trinajstić information content (AvgIpc) is 3.13. The molecule has 0 radical (unpaired) electrons. The van der Waals surface area contributed by atoms with Crippen molar-refractivity contribution < 1.29 is 14.4 Å². The minimum absolute atomic E-state index is 0.0173. The Balaban J connectivity index is 1.92. The Labute approximate surface area is 127 Å². The van der Waals surface area contributed by atoms with E-state index in [1.807, 2.05) is 24.4 Å². The summed E-state index contributed by atoms with van der Waals surface area (Å²) in [5.41, 5.74) is 1.74. The number of likely N-dealkylation sites (N-methyl/N-ethyl adjacent to an activating group) is 1. The number of amides is 1. The summed E-state index contributed by atoms with van der Waals surface area (Å²) in [4.78, 5) is 14.5. The third kappa shape index (κ3) is 4.27. The Kier molecular flexibility index (Phi) is 5.30. The molecule has 6 heteroatoms. The fourth-order valence-corrected chi connectivity index (χ4v) is 2.55. The number of nitrogens with zero attached hydrogens (tertiary/aromatic N) is 2. The van der Waals surface area contributed by atoms with Crippen LogP contribution in [0.25, 0.3) is 6.08 Å². The summed E-state index contributed by atoms with van der Waals surface area (Å²) in [6.07, 6.45) is 4.08. The third-order valence-corrected chi connectivity index (χ3v) is 3.93. The lowest BCUT2D eigenvalue weighted by atomic mass is 10.3. The Bertz CT molecular complexity index is 630. The van der Waals surface area contributed by atoms with Crippen molar-refractivity contribution >= 4 is 23.3 Å². The van der Waals surface area contributed by atoms with E-state index in [0.717, 1.165) is 22.6 Å². The summed E-state index contributed by atoms with van der Waals surface area (Å²) in [7, 11) is 1.72. The second-order valence-corrected chi connectivity index (χ2v) is 5.62. The van der Waals surface area contributed by atoms with Gasteiger partial charge >= 0.3 is 0 Å². The van der Waals surface area contributed by atoms with Gasteiger partial charge in [0.25, 0.3) is 0 Å². The van der Waals surface area contributed by atoms with Gasteiger partial charge in [0.2, 0.25) is 5.91 Å². The van der Waals surface area contributed by atoms with E-state index >= 15 is 0 Å².